The summed E-state index contributed by atoms with van der Waals surface area (Å²) in [7, 11) is 0. The Balaban J connectivity index is 2.54. The number of benzene rings is 1. The highest BCUT2D eigenvalue weighted by Crippen LogP contribution is 2.23. The normalized spacial score (nSPS) is 13.5. The van der Waals surface area contributed by atoms with Crippen LogP contribution in [0.1, 0.15) is 58.6 Å². The number of hydrogen-bond acceptors (Lipinski definition) is 1. The minimum atomic E-state index is 0.332. The monoisotopic (exact) mass is 261 g/mol. The summed E-state index contributed by atoms with van der Waals surface area (Å²) in [6, 6.07) is 9.77. The summed E-state index contributed by atoms with van der Waals surface area (Å²) >= 11 is 0. The number of nitrogens with one attached hydrogen (secondary N) is 1. The lowest BCUT2D eigenvalue weighted by Crippen LogP contribution is -2.40. The lowest BCUT2D eigenvalue weighted by Gasteiger charge is -2.31. The Morgan fingerprint density at radius 2 is 1.47 bits per heavy atom. The van der Waals surface area contributed by atoms with E-state index in [0.29, 0.717) is 11.5 Å². The predicted octanol–water partition coefficient (Wildman–Crippen LogP) is 4.60. The molecule has 0 saturated carbocycles. The van der Waals surface area contributed by atoms with Crippen LogP contribution >= 0.6 is 0 Å². The predicted molar refractivity (Wildman–Crippen MR) is 85.7 cm³/mol. The van der Waals surface area contributed by atoms with Gasteiger partial charge in [-0.25, -0.2) is 0 Å². The van der Waals surface area contributed by atoms with Crippen molar-refractivity contribution >= 4 is 0 Å². The highest BCUT2D eigenvalue weighted by molar-refractivity contribution is 5.22. The van der Waals surface area contributed by atoms with Crippen molar-refractivity contribution in [3.05, 3.63) is 35.4 Å². The van der Waals surface area contributed by atoms with Crippen LogP contribution in [-0.4, -0.2) is 12.6 Å². The highest BCUT2D eigenvalue weighted by Gasteiger charge is 2.22. The van der Waals surface area contributed by atoms with Gasteiger partial charge in [0.1, 0.15) is 0 Å². The molecule has 1 aromatic carbocycles. The molecule has 0 aromatic heterocycles. The van der Waals surface area contributed by atoms with Gasteiger partial charge in [0.2, 0.25) is 0 Å². The van der Waals surface area contributed by atoms with E-state index in [9.17, 15) is 0 Å². The summed E-state index contributed by atoms with van der Waals surface area (Å²) < 4.78 is 0. The highest BCUT2D eigenvalue weighted by atomic mass is 14.9. The molecule has 19 heavy (non-hydrogen) atoms. The molecule has 1 nitrogen and oxygen atoms in total. The molecule has 108 valence electrons. The van der Waals surface area contributed by atoms with Crippen molar-refractivity contribution in [2.45, 2.75) is 66.3 Å². The van der Waals surface area contributed by atoms with E-state index in [0.717, 1.165) is 6.54 Å². The van der Waals surface area contributed by atoms with E-state index in [1.807, 2.05) is 0 Å². The molecule has 0 aliphatic rings. The lowest BCUT2D eigenvalue weighted by molar-refractivity contribution is 0.258. The minimum Gasteiger partial charge on any atom is -0.314 e. The molecule has 0 saturated heterocycles. The summed E-state index contributed by atoms with van der Waals surface area (Å²) in [6.07, 6.45) is 4.81. The van der Waals surface area contributed by atoms with Crippen LogP contribution in [0.4, 0.5) is 0 Å². The van der Waals surface area contributed by atoms with Gasteiger partial charge in [0.25, 0.3) is 0 Å². The van der Waals surface area contributed by atoms with Crippen LogP contribution in [0.3, 0.4) is 0 Å². The first-order chi connectivity index (χ1) is 8.97. The van der Waals surface area contributed by atoms with E-state index in [1.165, 1.54) is 36.8 Å². The van der Waals surface area contributed by atoms with Gasteiger partial charge in [0.15, 0.2) is 0 Å². The molecule has 0 spiro atoms. The molecular formula is C18H31N. The van der Waals surface area contributed by atoms with Crippen molar-refractivity contribution in [2.75, 3.05) is 6.54 Å². The number of aryl methyl sites for hydroxylation is 2. The van der Waals surface area contributed by atoms with Crippen LogP contribution < -0.4 is 5.32 Å². The maximum atomic E-state index is 3.62. The Labute approximate surface area is 119 Å². The second-order valence-electron chi connectivity index (χ2n) is 6.58. The summed E-state index contributed by atoms with van der Waals surface area (Å²) in [5.74, 6) is 0. The number of rotatable bonds is 7. The van der Waals surface area contributed by atoms with Gasteiger partial charge in [-0.3, -0.25) is 0 Å². The Morgan fingerprint density at radius 1 is 0.947 bits per heavy atom. The maximum Gasteiger partial charge on any atom is 0.0119 e. The van der Waals surface area contributed by atoms with Crippen molar-refractivity contribution < 1.29 is 0 Å². The molecule has 1 N–H and O–H groups in total. The molecule has 0 fully saturated rings. The van der Waals surface area contributed by atoms with Crippen molar-refractivity contribution in [1.82, 2.24) is 5.32 Å². The summed E-state index contributed by atoms with van der Waals surface area (Å²) in [4.78, 5) is 0. The van der Waals surface area contributed by atoms with Gasteiger partial charge in [-0.05, 0) is 42.3 Å². The third kappa shape index (κ3) is 5.78. The molecule has 0 heterocycles. The standard InChI is InChI=1S/C18H31N/c1-6-8-15-9-11-16(12-10-15)13-14-17(19-7-2)18(3,4)5/h9-12,17,19H,6-8,13-14H2,1-5H3. The molecule has 0 aliphatic carbocycles. The van der Waals surface area contributed by atoms with Gasteiger partial charge in [0, 0.05) is 6.04 Å². The fourth-order valence-electron chi connectivity index (χ4n) is 2.56. The minimum absolute atomic E-state index is 0.332. The summed E-state index contributed by atoms with van der Waals surface area (Å²) in [6.45, 7) is 12.5. The third-order valence-corrected chi connectivity index (χ3v) is 3.78. The van der Waals surface area contributed by atoms with Crippen molar-refractivity contribution in [3.63, 3.8) is 0 Å². The first-order valence-corrected chi connectivity index (χ1v) is 7.78. The van der Waals surface area contributed by atoms with Gasteiger partial charge in [-0.2, -0.15) is 0 Å². The van der Waals surface area contributed by atoms with Crippen LogP contribution in [0, 0.1) is 5.41 Å². The molecule has 1 unspecified atom stereocenters. The second-order valence-corrected chi connectivity index (χ2v) is 6.58. The second kappa shape index (κ2) is 7.69. The first-order valence-electron chi connectivity index (χ1n) is 7.78. The van der Waals surface area contributed by atoms with E-state index < -0.39 is 0 Å². The van der Waals surface area contributed by atoms with E-state index in [4.69, 9.17) is 0 Å². The summed E-state index contributed by atoms with van der Waals surface area (Å²) in [5, 5.41) is 3.62. The van der Waals surface area contributed by atoms with Gasteiger partial charge in [-0.15, -0.1) is 0 Å². The molecule has 0 aliphatic heterocycles. The Kier molecular flexibility index (Phi) is 6.57. The van der Waals surface area contributed by atoms with Gasteiger partial charge in [-0.1, -0.05) is 65.3 Å². The third-order valence-electron chi connectivity index (χ3n) is 3.78. The average molecular weight is 261 g/mol. The zero-order valence-corrected chi connectivity index (χ0v) is 13.4. The quantitative estimate of drug-likeness (QED) is 0.756. The van der Waals surface area contributed by atoms with Crippen molar-refractivity contribution in [2.24, 2.45) is 5.41 Å². The van der Waals surface area contributed by atoms with E-state index in [1.54, 1.807) is 0 Å². The van der Waals surface area contributed by atoms with Crippen molar-refractivity contribution in [1.29, 1.82) is 0 Å². The first kappa shape index (κ1) is 16.2. The molecular weight excluding hydrogens is 230 g/mol. The van der Waals surface area contributed by atoms with Crippen LogP contribution in [0.2, 0.25) is 0 Å². The van der Waals surface area contributed by atoms with Crippen LogP contribution in [0.25, 0.3) is 0 Å². The number of hydrogen-bond donors (Lipinski definition) is 1. The average Bonchev–Trinajstić information content (AvgIpc) is 2.35. The largest absolute Gasteiger partial charge is 0.314 e. The van der Waals surface area contributed by atoms with Gasteiger partial charge in [0.05, 0.1) is 0 Å². The van der Waals surface area contributed by atoms with E-state index >= 15 is 0 Å². The molecule has 0 bridgehead atoms. The van der Waals surface area contributed by atoms with Crippen LogP contribution in [-0.2, 0) is 12.8 Å². The molecule has 1 aromatic rings. The van der Waals surface area contributed by atoms with Crippen molar-refractivity contribution in [3.8, 4) is 0 Å². The lowest BCUT2D eigenvalue weighted by atomic mass is 9.83. The maximum absolute atomic E-state index is 3.62. The SMILES string of the molecule is CCCc1ccc(CCC(NCC)C(C)(C)C)cc1. The van der Waals surface area contributed by atoms with Gasteiger partial charge >= 0.3 is 0 Å². The van der Waals surface area contributed by atoms with Crippen LogP contribution in [0.15, 0.2) is 24.3 Å². The molecule has 1 heteroatoms. The van der Waals surface area contributed by atoms with E-state index in [2.05, 4.69) is 64.2 Å². The van der Waals surface area contributed by atoms with E-state index in [-0.39, 0.29) is 0 Å². The Bertz CT molecular complexity index is 345. The fourth-order valence-corrected chi connectivity index (χ4v) is 2.56. The van der Waals surface area contributed by atoms with Crippen LogP contribution in [0.5, 0.6) is 0 Å². The zero-order valence-electron chi connectivity index (χ0n) is 13.4. The molecule has 0 amide bonds. The Morgan fingerprint density at radius 3 is 1.89 bits per heavy atom. The molecule has 1 atom stereocenters. The molecule has 0 radical (unpaired) electrons. The molecule has 1 rings (SSSR count). The topological polar surface area (TPSA) is 12.0 Å². The summed E-state index contributed by atoms with van der Waals surface area (Å²) in [5.41, 5.74) is 3.26. The zero-order chi connectivity index (χ0) is 14.3. The Hall–Kier alpha value is -0.820. The smallest absolute Gasteiger partial charge is 0.0119 e. The van der Waals surface area contributed by atoms with Gasteiger partial charge < -0.3 is 5.32 Å². The fraction of sp³-hybridized carbons (Fsp3) is 0.667.